The number of nitrogens with one attached hydrogen (secondary N) is 1. The Balaban J connectivity index is 1.81. The Morgan fingerprint density at radius 2 is 1.92 bits per heavy atom. The Hall–Kier alpha value is -2.02. The van der Waals surface area contributed by atoms with Gasteiger partial charge in [-0.2, -0.15) is 0 Å². The third-order valence-electron chi connectivity index (χ3n) is 3.83. The normalized spacial score (nSPS) is 11.6. The number of hydrogen-bond acceptors (Lipinski definition) is 4. The second kappa shape index (κ2) is 10.8. The topological polar surface area (TPSA) is 58.3 Å². The molecule has 0 fully saturated rings. The summed E-state index contributed by atoms with van der Waals surface area (Å²) in [6.07, 6.45) is 7.72. The van der Waals surface area contributed by atoms with E-state index in [1.54, 1.807) is 24.4 Å². The molecule has 2 rings (SSSR count). The molecular weight excluding hydrogens is 332 g/mol. The molecular formula is C18H28N6S. The van der Waals surface area contributed by atoms with Gasteiger partial charge < -0.3 is 14.8 Å². The molecule has 0 bridgehead atoms. The molecule has 0 saturated heterocycles. The lowest BCUT2D eigenvalue weighted by atomic mass is 10.2. The summed E-state index contributed by atoms with van der Waals surface area (Å²) < 4.78 is 2.00. The predicted molar refractivity (Wildman–Crippen MR) is 105 cm³/mol. The lowest BCUT2D eigenvalue weighted by Gasteiger charge is -2.22. The summed E-state index contributed by atoms with van der Waals surface area (Å²) in [7, 11) is 2.08. The van der Waals surface area contributed by atoms with Crippen LogP contribution in [-0.2, 0) is 13.1 Å². The molecule has 25 heavy (non-hydrogen) atoms. The summed E-state index contributed by atoms with van der Waals surface area (Å²) in [5, 5.41) is 11.0. The van der Waals surface area contributed by atoms with Gasteiger partial charge in [0.1, 0.15) is 12.7 Å². The van der Waals surface area contributed by atoms with E-state index in [2.05, 4.69) is 64.9 Å². The Bertz CT molecular complexity index is 624. The Kier molecular flexibility index (Phi) is 8.31. The zero-order valence-corrected chi connectivity index (χ0v) is 16.2. The SMILES string of the molecule is CCNC(=NCCCCn1cnnc1)N(C)Cc1ccc(SC)cc1. The third-order valence-corrected chi connectivity index (χ3v) is 4.57. The van der Waals surface area contributed by atoms with Gasteiger partial charge in [0.05, 0.1) is 0 Å². The molecule has 0 aliphatic carbocycles. The second-order valence-electron chi connectivity index (χ2n) is 5.85. The Morgan fingerprint density at radius 3 is 2.56 bits per heavy atom. The summed E-state index contributed by atoms with van der Waals surface area (Å²) in [6, 6.07) is 8.71. The van der Waals surface area contributed by atoms with E-state index >= 15 is 0 Å². The molecule has 1 aromatic heterocycles. The van der Waals surface area contributed by atoms with Crippen LogP contribution in [0.2, 0.25) is 0 Å². The Labute approximate surface area is 154 Å². The van der Waals surface area contributed by atoms with Crippen LogP contribution in [0.5, 0.6) is 0 Å². The predicted octanol–water partition coefficient (Wildman–Crippen LogP) is 2.88. The molecule has 0 aliphatic rings. The van der Waals surface area contributed by atoms with Gasteiger partial charge in [-0.1, -0.05) is 12.1 Å². The molecule has 1 aromatic carbocycles. The molecule has 0 spiro atoms. The lowest BCUT2D eigenvalue weighted by molar-refractivity contribution is 0.475. The average Bonchev–Trinajstić information content (AvgIpc) is 3.14. The van der Waals surface area contributed by atoms with Crippen molar-refractivity contribution in [2.45, 2.75) is 37.8 Å². The van der Waals surface area contributed by atoms with Crippen molar-refractivity contribution in [1.82, 2.24) is 25.0 Å². The van der Waals surface area contributed by atoms with Gasteiger partial charge in [-0.05, 0) is 43.7 Å². The lowest BCUT2D eigenvalue weighted by Crippen LogP contribution is -2.38. The smallest absolute Gasteiger partial charge is 0.193 e. The van der Waals surface area contributed by atoms with E-state index < -0.39 is 0 Å². The van der Waals surface area contributed by atoms with Gasteiger partial charge in [0, 0.05) is 38.1 Å². The number of unbranched alkanes of at least 4 members (excludes halogenated alkanes) is 1. The van der Waals surface area contributed by atoms with E-state index in [-0.39, 0.29) is 0 Å². The van der Waals surface area contributed by atoms with Gasteiger partial charge in [-0.25, -0.2) is 0 Å². The number of aromatic nitrogens is 3. The van der Waals surface area contributed by atoms with Gasteiger partial charge in [0.15, 0.2) is 5.96 Å². The summed E-state index contributed by atoms with van der Waals surface area (Å²) in [5.74, 6) is 0.959. The van der Waals surface area contributed by atoms with Crippen molar-refractivity contribution in [3.63, 3.8) is 0 Å². The van der Waals surface area contributed by atoms with Crippen LogP contribution in [0.3, 0.4) is 0 Å². The molecule has 1 N–H and O–H groups in total. The quantitative estimate of drug-likeness (QED) is 0.322. The number of guanidine groups is 1. The van der Waals surface area contributed by atoms with E-state index in [0.29, 0.717) is 0 Å². The van der Waals surface area contributed by atoms with Crippen LogP contribution in [0.4, 0.5) is 0 Å². The zero-order chi connectivity index (χ0) is 17.9. The van der Waals surface area contributed by atoms with Gasteiger partial charge in [-0.15, -0.1) is 22.0 Å². The van der Waals surface area contributed by atoms with Crippen LogP contribution in [0.1, 0.15) is 25.3 Å². The maximum Gasteiger partial charge on any atom is 0.193 e. The first-order chi connectivity index (χ1) is 12.2. The summed E-state index contributed by atoms with van der Waals surface area (Å²) in [6.45, 7) is 5.58. The van der Waals surface area contributed by atoms with Crippen LogP contribution in [-0.4, -0.2) is 52.0 Å². The van der Waals surface area contributed by atoms with Crippen LogP contribution >= 0.6 is 11.8 Å². The van der Waals surface area contributed by atoms with Crippen LogP contribution < -0.4 is 5.32 Å². The first kappa shape index (κ1) is 19.3. The van der Waals surface area contributed by atoms with Crippen molar-refractivity contribution in [1.29, 1.82) is 0 Å². The largest absolute Gasteiger partial charge is 0.357 e. The first-order valence-electron chi connectivity index (χ1n) is 8.67. The second-order valence-corrected chi connectivity index (χ2v) is 6.73. The molecule has 0 saturated carbocycles. The zero-order valence-electron chi connectivity index (χ0n) is 15.4. The minimum Gasteiger partial charge on any atom is -0.357 e. The van der Waals surface area contributed by atoms with Crippen molar-refractivity contribution in [3.8, 4) is 0 Å². The van der Waals surface area contributed by atoms with E-state index in [1.807, 2.05) is 4.57 Å². The number of benzene rings is 1. The fraction of sp³-hybridized carbons (Fsp3) is 0.500. The van der Waals surface area contributed by atoms with Crippen molar-refractivity contribution in [3.05, 3.63) is 42.5 Å². The van der Waals surface area contributed by atoms with Crippen LogP contribution in [0, 0.1) is 0 Å². The fourth-order valence-electron chi connectivity index (χ4n) is 2.48. The highest BCUT2D eigenvalue weighted by atomic mass is 32.2. The van der Waals surface area contributed by atoms with Gasteiger partial charge in [0.2, 0.25) is 0 Å². The molecule has 1 heterocycles. The van der Waals surface area contributed by atoms with Crippen molar-refractivity contribution < 1.29 is 0 Å². The number of rotatable bonds is 9. The standard InChI is InChI=1S/C18H28N6S/c1-4-19-18(20-11-5-6-12-24-14-21-22-15-24)23(2)13-16-7-9-17(25-3)10-8-16/h7-10,14-15H,4-6,11-13H2,1-3H3,(H,19,20). The molecule has 0 unspecified atom stereocenters. The number of aliphatic imine (C=N–C) groups is 1. The summed E-state index contributed by atoms with van der Waals surface area (Å²) in [4.78, 5) is 8.22. The Morgan fingerprint density at radius 1 is 1.20 bits per heavy atom. The van der Waals surface area contributed by atoms with Crippen molar-refractivity contribution in [2.75, 3.05) is 26.4 Å². The molecule has 0 radical (unpaired) electrons. The molecule has 0 aliphatic heterocycles. The number of hydrogen-bond donors (Lipinski definition) is 1. The summed E-state index contributed by atoms with van der Waals surface area (Å²) in [5.41, 5.74) is 1.29. The maximum absolute atomic E-state index is 4.75. The minimum atomic E-state index is 0.820. The fourth-order valence-corrected chi connectivity index (χ4v) is 2.89. The molecule has 136 valence electrons. The van der Waals surface area contributed by atoms with Crippen LogP contribution in [0.15, 0.2) is 46.8 Å². The van der Waals surface area contributed by atoms with E-state index in [1.165, 1.54) is 10.5 Å². The number of aryl methyl sites for hydroxylation is 1. The maximum atomic E-state index is 4.75. The average molecular weight is 361 g/mol. The van der Waals surface area contributed by atoms with Crippen LogP contribution in [0.25, 0.3) is 0 Å². The summed E-state index contributed by atoms with van der Waals surface area (Å²) >= 11 is 1.77. The van der Waals surface area contributed by atoms with Crippen molar-refractivity contribution in [2.24, 2.45) is 4.99 Å². The molecule has 0 amide bonds. The monoisotopic (exact) mass is 360 g/mol. The van der Waals surface area contributed by atoms with Gasteiger partial charge >= 0.3 is 0 Å². The highest BCUT2D eigenvalue weighted by Crippen LogP contribution is 2.15. The minimum absolute atomic E-state index is 0.820. The van der Waals surface area contributed by atoms with E-state index in [4.69, 9.17) is 4.99 Å². The number of thioether (sulfide) groups is 1. The first-order valence-corrected chi connectivity index (χ1v) is 9.90. The highest BCUT2D eigenvalue weighted by Gasteiger charge is 2.06. The van der Waals surface area contributed by atoms with Gasteiger partial charge in [0.25, 0.3) is 0 Å². The molecule has 2 aromatic rings. The molecule has 6 nitrogen and oxygen atoms in total. The van der Waals surface area contributed by atoms with Crippen molar-refractivity contribution >= 4 is 17.7 Å². The highest BCUT2D eigenvalue weighted by molar-refractivity contribution is 7.98. The number of nitrogens with zero attached hydrogens (tertiary/aromatic N) is 5. The van der Waals surface area contributed by atoms with E-state index in [0.717, 1.165) is 45.0 Å². The molecule has 0 atom stereocenters. The third kappa shape index (κ3) is 6.78. The molecule has 7 heteroatoms. The van der Waals surface area contributed by atoms with E-state index in [9.17, 15) is 0 Å². The van der Waals surface area contributed by atoms with Gasteiger partial charge in [-0.3, -0.25) is 4.99 Å².